The monoisotopic (exact) mass is 361 g/mol. The number of benzene rings is 2. The topological polar surface area (TPSA) is 29.5 Å². The zero-order valence-corrected chi connectivity index (χ0v) is 14.6. The number of rotatable bonds is 4. The molecule has 1 fully saturated rings. The van der Waals surface area contributed by atoms with Gasteiger partial charge >= 0.3 is 0 Å². The molecule has 0 aromatic heterocycles. The third kappa shape index (κ3) is 3.99. The summed E-state index contributed by atoms with van der Waals surface area (Å²) in [5.41, 5.74) is 2.47. The Labute approximate surface area is 151 Å². The van der Waals surface area contributed by atoms with Crippen molar-refractivity contribution in [3.8, 4) is 0 Å². The van der Waals surface area contributed by atoms with Crippen molar-refractivity contribution in [2.24, 2.45) is 0 Å². The van der Waals surface area contributed by atoms with E-state index in [2.05, 4.69) is 4.90 Å². The van der Waals surface area contributed by atoms with Gasteiger partial charge in [0.25, 0.3) is 0 Å². The lowest BCUT2D eigenvalue weighted by atomic mass is 10.1. The van der Waals surface area contributed by atoms with Crippen LogP contribution in [0, 0.1) is 0 Å². The second-order valence-electron chi connectivity index (χ2n) is 5.49. The molecule has 0 radical (unpaired) electrons. The molecule has 0 N–H and O–H groups in total. The predicted octanol–water partition coefficient (Wildman–Crippen LogP) is 4.73. The molecule has 0 bridgehead atoms. The minimum atomic E-state index is -0.0698. The molecular weight excluding hydrogens is 345 g/mol. The van der Waals surface area contributed by atoms with Gasteiger partial charge in [0, 0.05) is 24.3 Å². The summed E-state index contributed by atoms with van der Waals surface area (Å²) in [7, 11) is 0. The van der Waals surface area contributed by atoms with Crippen LogP contribution in [0.2, 0.25) is 10.0 Å². The van der Waals surface area contributed by atoms with Crippen molar-refractivity contribution >= 4 is 40.7 Å². The molecule has 0 aliphatic carbocycles. The van der Waals surface area contributed by atoms with Gasteiger partial charge in [-0.1, -0.05) is 35.3 Å². The molecule has 1 aliphatic rings. The first-order chi connectivity index (χ1) is 11.6. The summed E-state index contributed by atoms with van der Waals surface area (Å²) < 4.78 is 5.35. The fourth-order valence-corrected chi connectivity index (χ4v) is 2.94. The van der Waals surface area contributed by atoms with E-state index in [-0.39, 0.29) is 5.78 Å². The minimum Gasteiger partial charge on any atom is -0.378 e. The van der Waals surface area contributed by atoms with Crippen molar-refractivity contribution in [3.63, 3.8) is 0 Å². The number of halogens is 2. The van der Waals surface area contributed by atoms with Crippen molar-refractivity contribution in [2.75, 3.05) is 31.2 Å². The molecule has 0 spiro atoms. The fraction of sp³-hybridized carbons (Fsp3) is 0.211. The van der Waals surface area contributed by atoms with Gasteiger partial charge in [-0.15, -0.1) is 0 Å². The number of carbonyl (C=O) groups is 1. The van der Waals surface area contributed by atoms with Crippen LogP contribution >= 0.6 is 23.2 Å². The lowest BCUT2D eigenvalue weighted by Crippen LogP contribution is -2.36. The molecule has 0 unspecified atom stereocenters. The van der Waals surface area contributed by atoms with Crippen LogP contribution in [0.4, 0.5) is 5.69 Å². The van der Waals surface area contributed by atoms with E-state index in [4.69, 9.17) is 27.9 Å². The van der Waals surface area contributed by atoms with E-state index < -0.39 is 0 Å². The average Bonchev–Trinajstić information content (AvgIpc) is 2.63. The maximum atomic E-state index is 12.3. The number of nitrogens with zero attached hydrogens (tertiary/aromatic N) is 1. The third-order valence-electron chi connectivity index (χ3n) is 3.92. The first-order valence-corrected chi connectivity index (χ1v) is 8.50. The molecule has 3 nitrogen and oxygen atoms in total. The number of carbonyl (C=O) groups excluding carboxylic acids is 1. The Morgan fingerprint density at radius 2 is 1.75 bits per heavy atom. The summed E-state index contributed by atoms with van der Waals surface area (Å²) in [5.74, 6) is -0.0698. The summed E-state index contributed by atoms with van der Waals surface area (Å²) in [5, 5.41) is 0.923. The highest BCUT2D eigenvalue weighted by Crippen LogP contribution is 2.26. The van der Waals surface area contributed by atoms with Crippen molar-refractivity contribution in [2.45, 2.75) is 0 Å². The normalized spacial score (nSPS) is 15.0. The van der Waals surface area contributed by atoms with Gasteiger partial charge in [-0.25, -0.2) is 0 Å². The van der Waals surface area contributed by atoms with Crippen molar-refractivity contribution in [3.05, 3.63) is 69.7 Å². The molecule has 1 saturated heterocycles. The quantitative estimate of drug-likeness (QED) is 0.582. The van der Waals surface area contributed by atoms with Gasteiger partial charge in [0.15, 0.2) is 5.78 Å². The molecular formula is C19H17Cl2NO2. The maximum absolute atomic E-state index is 12.3. The SMILES string of the molecule is O=C(C=Cc1cccc(Cl)c1Cl)c1ccc(N2CCOCC2)cc1. The Bertz CT molecular complexity index is 750. The van der Waals surface area contributed by atoms with Crippen LogP contribution in [0.1, 0.15) is 15.9 Å². The van der Waals surface area contributed by atoms with Gasteiger partial charge in [-0.05, 0) is 48.0 Å². The molecule has 124 valence electrons. The number of allylic oxidation sites excluding steroid dienone is 1. The smallest absolute Gasteiger partial charge is 0.185 e. The van der Waals surface area contributed by atoms with E-state index in [0.29, 0.717) is 15.6 Å². The molecule has 1 heterocycles. The van der Waals surface area contributed by atoms with Crippen LogP contribution < -0.4 is 4.90 Å². The second kappa shape index (κ2) is 7.84. The first-order valence-electron chi connectivity index (χ1n) is 7.74. The lowest BCUT2D eigenvalue weighted by molar-refractivity contribution is 0.104. The highest BCUT2D eigenvalue weighted by atomic mass is 35.5. The van der Waals surface area contributed by atoms with Crippen molar-refractivity contribution < 1.29 is 9.53 Å². The number of ether oxygens (including phenoxy) is 1. The number of hydrogen-bond donors (Lipinski definition) is 0. The molecule has 3 rings (SSSR count). The molecule has 5 heteroatoms. The Hall–Kier alpha value is -1.81. The maximum Gasteiger partial charge on any atom is 0.185 e. The zero-order valence-electron chi connectivity index (χ0n) is 13.0. The van der Waals surface area contributed by atoms with Gasteiger partial charge in [0.05, 0.1) is 23.3 Å². The van der Waals surface area contributed by atoms with E-state index in [1.54, 1.807) is 18.2 Å². The molecule has 24 heavy (non-hydrogen) atoms. The average molecular weight is 362 g/mol. The fourth-order valence-electron chi connectivity index (χ4n) is 2.57. The van der Waals surface area contributed by atoms with E-state index in [9.17, 15) is 4.79 Å². The highest BCUT2D eigenvalue weighted by molar-refractivity contribution is 6.42. The third-order valence-corrected chi connectivity index (χ3v) is 4.76. The summed E-state index contributed by atoms with van der Waals surface area (Å²) in [6, 6.07) is 13.0. The zero-order chi connectivity index (χ0) is 16.9. The van der Waals surface area contributed by atoms with Crippen LogP contribution in [-0.2, 0) is 4.74 Å². The van der Waals surface area contributed by atoms with E-state index in [1.807, 2.05) is 30.3 Å². The number of hydrogen-bond acceptors (Lipinski definition) is 3. The lowest BCUT2D eigenvalue weighted by Gasteiger charge is -2.28. The second-order valence-corrected chi connectivity index (χ2v) is 6.27. The van der Waals surface area contributed by atoms with E-state index in [1.165, 1.54) is 6.08 Å². The largest absolute Gasteiger partial charge is 0.378 e. The Balaban J connectivity index is 1.70. The standard InChI is InChI=1S/C19H17Cl2NO2/c20-17-3-1-2-15(19(17)21)6-9-18(23)14-4-7-16(8-5-14)22-10-12-24-13-11-22/h1-9H,10-13H2. The summed E-state index contributed by atoms with van der Waals surface area (Å²) in [4.78, 5) is 14.6. The molecule has 0 amide bonds. The number of anilines is 1. The molecule has 2 aromatic rings. The van der Waals surface area contributed by atoms with Crippen molar-refractivity contribution in [1.29, 1.82) is 0 Å². The molecule has 0 saturated carbocycles. The predicted molar refractivity (Wildman–Crippen MR) is 99.3 cm³/mol. The molecule has 0 atom stereocenters. The van der Waals surface area contributed by atoms with Gasteiger partial charge in [-0.2, -0.15) is 0 Å². The Morgan fingerprint density at radius 3 is 2.46 bits per heavy atom. The summed E-state index contributed by atoms with van der Waals surface area (Å²) in [6.07, 6.45) is 3.20. The van der Waals surface area contributed by atoms with Gasteiger partial charge in [0.1, 0.15) is 0 Å². The highest BCUT2D eigenvalue weighted by Gasteiger charge is 2.11. The van der Waals surface area contributed by atoms with Crippen LogP contribution in [0.25, 0.3) is 6.08 Å². The minimum absolute atomic E-state index is 0.0698. The number of morpholine rings is 1. The Kier molecular flexibility index (Phi) is 5.56. The summed E-state index contributed by atoms with van der Waals surface area (Å²) >= 11 is 12.1. The van der Waals surface area contributed by atoms with Crippen LogP contribution in [0.3, 0.4) is 0 Å². The van der Waals surface area contributed by atoms with E-state index >= 15 is 0 Å². The Morgan fingerprint density at radius 1 is 1.04 bits per heavy atom. The van der Waals surface area contributed by atoms with Gasteiger partial charge in [-0.3, -0.25) is 4.79 Å². The molecule has 2 aromatic carbocycles. The van der Waals surface area contributed by atoms with Crippen LogP contribution in [0.15, 0.2) is 48.5 Å². The molecule has 1 aliphatic heterocycles. The van der Waals surface area contributed by atoms with Gasteiger partial charge < -0.3 is 9.64 Å². The summed E-state index contributed by atoms with van der Waals surface area (Å²) in [6.45, 7) is 3.23. The van der Waals surface area contributed by atoms with Gasteiger partial charge in [0.2, 0.25) is 0 Å². The van der Waals surface area contributed by atoms with Crippen molar-refractivity contribution in [1.82, 2.24) is 0 Å². The van der Waals surface area contributed by atoms with E-state index in [0.717, 1.165) is 37.6 Å². The van der Waals surface area contributed by atoms with Crippen LogP contribution in [-0.4, -0.2) is 32.1 Å². The number of ketones is 1. The van der Waals surface area contributed by atoms with Crippen LogP contribution in [0.5, 0.6) is 0 Å². The first kappa shape index (κ1) is 17.0.